The minimum absolute atomic E-state index is 0.0632. The van der Waals surface area contributed by atoms with Gasteiger partial charge in [-0.15, -0.1) is 0 Å². The first-order valence-electron chi connectivity index (χ1n) is 14.1. The highest BCUT2D eigenvalue weighted by Gasteiger charge is 2.58. The van der Waals surface area contributed by atoms with E-state index in [1.807, 2.05) is 35.2 Å². The molecule has 0 radical (unpaired) electrons. The monoisotopic (exact) mass is 565 g/mol. The molecular formula is C35H39NO4Si. The molecule has 4 aromatic rings. The van der Waals surface area contributed by atoms with Crippen LogP contribution in [-0.4, -0.2) is 46.7 Å². The molecule has 212 valence electrons. The summed E-state index contributed by atoms with van der Waals surface area (Å²) in [5, 5.41) is 2.19. The number of hydrogen-bond donors (Lipinski definition) is 0. The topological polar surface area (TPSA) is 48.0 Å². The summed E-state index contributed by atoms with van der Waals surface area (Å²) in [6.07, 6.45) is -0.312. The number of anilines is 1. The highest BCUT2D eigenvalue weighted by molar-refractivity contribution is 6.99. The maximum absolute atomic E-state index is 13.5. The molecule has 1 heterocycles. The molecule has 1 saturated heterocycles. The fourth-order valence-corrected chi connectivity index (χ4v) is 10.8. The number of rotatable bonds is 10. The second kappa shape index (κ2) is 12.0. The molecule has 5 nitrogen and oxygen atoms in total. The van der Waals surface area contributed by atoms with E-state index in [0.29, 0.717) is 6.42 Å². The Hall–Kier alpha value is -3.71. The highest BCUT2D eigenvalue weighted by atomic mass is 28.4. The molecule has 0 spiro atoms. The lowest BCUT2D eigenvalue weighted by Crippen LogP contribution is -2.75. The molecule has 5 rings (SSSR count). The minimum Gasteiger partial charge on any atom is -0.497 e. The third-order valence-electron chi connectivity index (χ3n) is 8.10. The third kappa shape index (κ3) is 5.47. The Labute approximate surface area is 244 Å². The smallest absolute Gasteiger partial charge is 0.261 e. The summed E-state index contributed by atoms with van der Waals surface area (Å²) >= 11 is 0. The fraction of sp³-hybridized carbons (Fsp3) is 0.286. The van der Waals surface area contributed by atoms with E-state index >= 15 is 0 Å². The zero-order valence-corrected chi connectivity index (χ0v) is 25.5. The van der Waals surface area contributed by atoms with Gasteiger partial charge < -0.3 is 18.8 Å². The first-order chi connectivity index (χ1) is 19.8. The molecule has 0 bridgehead atoms. The lowest BCUT2D eigenvalue weighted by molar-refractivity contribution is -0.143. The summed E-state index contributed by atoms with van der Waals surface area (Å²) in [4.78, 5) is 15.4. The second-order valence-electron chi connectivity index (χ2n) is 11.6. The number of methoxy groups -OCH3 is 2. The van der Waals surface area contributed by atoms with Gasteiger partial charge in [0.25, 0.3) is 14.2 Å². The van der Waals surface area contributed by atoms with Gasteiger partial charge in [-0.05, 0) is 51.7 Å². The van der Waals surface area contributed by atoms with Crippen molar-refractivity contribution >= 4 is 30.3 Å². The summed E-state index contributed by atoms with van der Waals surface area (Å²) in [5.74, 6) is 0.678. The van der Waals surface area contributed by atoms with Crippen LogP contribution in [-0.2, 0) is 20.4 Å². The Balaban J connectivity index is 1.67. The van der Waals surface area contributed by atoms with Gasteiger partial charge in [0.2, 0.25) is 0 Å². The number of carbonyl (C=O) groups is 1. The van der Waals surface area contributed by atoms with E-state index in [4.69, 9.17) is 13.9 Å². The number of nitrogens with zero attached hydrogens (tertiary/aromatic N) is 1. The summed E-state index contributed by atoms with van der Waals surface area (Å²) in [6, 6.07) is 39.0. The van der Waals surface area contributed by atoms with E-state index in [0.717, 1.165) is 17.0 Å². The molecule has 0 saturated carbocycles. The number of ether oxygens (including phenoxy) is 2. The largest absolute Gasteiger partial charge is 0.497 e. The van der Waals surface area contributed by atoms with E-state index < -0.39 is 14.4 Å². The predicted octanol–water partition coefficient (Wildman–Crippen LogP) is 5.61. The van der Waals surface area contributed by atoms with E-state index in [1.165, 1.54) is 10.4 Å². The SMILES string of the molecule is COc1ccc(N2C(=O)[C@@H](OC)[C@H]2[C@H](Cc2ccccc2)O[Si](c2ccccc2)(c2ccccc2)C(C)(C)C)cc1. The van der Waals surface area contributed by atoms with Gasteiger partial charge in [0.05, 0.1) is 19.3 Å². The van der Waals surface area contributed by atoms with Crippen LogP contribution in [0.25, 0.3) is 0 Å². The molecule has 0 aromatic heterocycles. The van der Waals surface area contributed by atoms with Crippen molar-refractivity contribution in [2.45, 2.75) is 50.5 Å². The van der Waals surface area contributed by atoms with Crippen molar-refractivity contribution in [1.82, 2.24) is 0 Å². The van der Waals surface area contributed by atoms with E-state index in [1.54, 1.807) is 14.2 Å². The van der Waals surface area contributed by atoms with Gasteiger partial charge in [0.1, 0.15) is 5.75 Å². The van der Waals surface area contributed by atoms with Crippen molar-refractivity contribution in [3.05, 3.63) is 121 Å². The van der Waals surface area contributed by atoms with Crippen molar-refractivity contribution in [3.8, 4) is 5.75 Å². The second-order valence-corrected chi connectivity index (χ2v) is 15.8. The summed E-state index contributed by atoms with van der Waals surface area (Å²) in [5.41, 5.74) is 1.96. The molecule has 1 amide bonds. The predicted molar refractivity (Wildman–Crippen MR) is 168 cm³/mol. The van der Waals surface area contributed by atoms with Crippen LogP contribution < -0.4 is 20.0 Å². The number of β-lactam (4-membered cyclic amide) rings is 1. The van der Waals surface area contributed by atoms with Crippen LogP contribution in [0.3, 0.4) is 0 Å². The highest BCUT2D eigenvalue weighted by Crippen LogP contribution is 2.41. The van der Waals surface area contributed by atoms with Crippen LogP contribution in [0.5, 0.6) is 5.75 Å². The number of benzene rings is 4. The first kappa shape index (κ1) is 28.8. The lowest BCUT2D eigenvalue weighted by Gasteiger charge is -2.53. The van der Waals surface area contributed by atoms with Crippen LogP contribution in [0, 0.1) is 0 Å². The van der Waals surface area contributed by atoms with Crippen molar-refractivity contribution < 1.29 is 18.7 Å². The summed E-state index contributed by atoms with van der Waals surface area (Å²) < 4.78 is 18.9. The van der Waals surface area contributed by atoms with E-state index in [-0.39, 0.29) is 23.1 Å². The van der Waals surface area contributed by atoms with E-state index in [9.17, 15) is 4.79 Å². The number of amides is 1. The van der Waals surface area contributed by atoms with Gasteiger partial charge in [-0.3, -0.25) is 4.79 Å². The Bertz CT molecular complexity index is 1380. The molecule has 41 heavy (non-hydrogen) atoms. The summed E-state index contributed by atoms with van der Waals surface area (Å²) in [7, 11) is 0.320. The van der Waals surface area contributed by atoms with Gasteiger partial charge in [0.15, 0.2) is 6.10 Å². The van der Waals surface area contributed by atoms with Gasteiger partial charge >= 0.3 is 0 Å². The van der Waals surface area contributed by atoms with Gasteiger partial charge in [-0.2, -0.15) is 0 Å². The molecule has 0 unspecified atom stereocenters. The first-order valence-corrected chi connectivity index (χ1v) is 16.0. The standard InChI is InChI=1S/C35H39NO4Si/c1-35(2,3)41(29-17-11-7-12-18-29,30-19-13-8-14-20-30)40-31(25-26-15-9-6-10-16-26)32-33(39-5)34(37)36(32)27-21-23-28(38-4)24-22-27/h6-24,31-33H,25H2,1-5H3/t31-,32+,33-/m0/s1. The normalized spacial score (nSPS) is 18.1. The average molecular weight is 566 g/mol. The minimum atomic E-state index is -2.93. The van der Waals surface area contributed by atoms with E-state index in [2.05, 4.69) is 106 Å². The maximum Gasteiger partial charge on any atom is 0.261 e. The van der Waals surface area contributed by atoms with Crippen molar-refractivity contribution in [2.75, 3.05) is 19.1 Å². The summed E-state index contributed by atoms with van der Waals surface area (Å²) in [6.45, 7) is 6.83. The fourth-order valence-electron chi connectivity index (χ4n) is 6.12. The molecular weight excluding hydrogens is 526 g/mol. The average Bonchev–Trinajstić information content (AvgIpc) is 2.99. The van der Waals surface area contributed by atoms with Crippen molar-refractivity contribution in [2.24, 2.45) is 0 Å². The third-order valence-corrected chi connectivity index (χ3v) is 13.2. The molecule has 1 fully saturated rings. The van der Waals surface area contributed by atoms with Gasteiger partial charge in [-0.25, -0.2) is 0 Å². The molecule has 4 aromatic carbocycles. The molecule has 1 aliphatic heterocycles. The lowest BCUT2D eigenvalue weighted by atomic mass is 9.88. The Morgan fingerprint density at radius 2 is 1.27 bits per heavy atom. The molecule has 0 aliphatic carbocycles. The van der Waals surface area contributed by atoms with Crippen LogP contribution in [0.4, 0.5) is 5.69 Å². The Morgan fingerprint density at radius 1 is 0.756 bits per heavy atom. The van der Waals surface area contributed by atoms with Crippen LogP contribution >= 0.6 is 0 Å². The quantitative estimate of drug-likeness (QED) is 0.185. The molecule has 6 heteroatoms. The van der Waals surface area contributed by atoms with Crippen molar-refractivity contribution in [3.63, 3.8) is 0 Å². The number of carbonyl (C=O) groups excluding carboxylic acids is 1. The van der Waals surface area contributed by atoms with Crippen LogP contribution in [0.15, 0.2) is 115 Å². The van der Waals surface area contributed by atoms with Crippen LogP contribution in [0.1, 0.15) is 26.3 Å². The van der Waals surface area contributed by atoms with Crippen molar-refractivity contribution in [1.29, 1.82) is 0 Å². The van der Waals surface area contributed by atoms with Gasteiger partial charge in [0, 0.05) is 12.8 Å². The van der Waals surface area contributed by atoms with Crippen LogP contribution in [0.2, 0.25) is 5.04 Å². The molecule has 1 aliphatic rings. The Morgan fingerprint density at radius 3 is 1.73 bits per heavy atom. The zero-order valence-electron chi connectivity index (χ0n) is 24.5. The maximum atomic E-state index is 13.5. The van der Waals surface area contributed by atoms with Gasteiger partial charge in [-0.1, -0.05) is 112 Å². The molecule has 0 N–H and O–H groups in total. The Kier molecular flexibility index (Phi) is 8.45. The zero-order chi connectivity index (χ0) is 29.0. The molecule has 3 atom stereocenters. The number of hydrogen-bond acceptors (Lipinski definition) is 4.